The predicted molar refractivity (Wildman–Crippen MR) is 68.3 cm³/mol. The number of hydrogen-bond acceptors (Lipinski definition) is 2. The van der Waals surface area contributed by atoms with Crippen LogP contribution in [0.15, 0.2) is 24.3 Å². The average molecular weight is 224 g/mol. The Kier molecular flexibility index (Phi) is 8.59. The highest BCUT2D eigenvalue weighted by Crippen LogP contribution is 2.11. The monoisotopic (exact) mass is 224 g/mol. The molecule has 0 heterocycles. The summed E-state index contributed by atoms with van der Waals surface area (Å²) in [6, 6.07) is 0. The second kappa shape index (κ2) is 9.20. The summed E-state index contributed by atoms with van der Waals surface area (Å²) in [5, 5.41) is 0. The van der Waals surface area contributed by atoms with Crippen molar-refractivity contribution < 1.29 is 9.53 Å². The number of esters is 1. The fourth-order valence-electron chi connectivity index (χ4n) is 1.35. The third-order valence-corrected chi connectivity index (χ3v) is 2.38. The molecule has 0 saturated carbocycles. The molecule has 92 valence electrons. The van der Waals surface area contributed by atoms with Gasteiger partial charge in [0.25, 0.3) is 0 Å². The summed E-state index contributed by atoms with van der Waals surface area (Å²) in [5.41, 5.74) is 0.476. The molecule has 0 radical (unpaired) electrons. The minimum absolute atomic E-state index is 0.0410. The van der Waals surface area contributed by atoms with Crippen molar-refractivity contribution in [2.24, 2.45) is 0 Å². The SMILES string of the molecule is C=C(C)C(=O)OC(CC)CCCC=CCC. The quantitative estimate of drug-likeness (QED) is 0.269. The molecule has 1 atom stereocenters. The molecule has 0 aromatic carbocycles. The molecular weight excluding hydrogens is 200 g/mol. The highest BCUT2D eigenvalue weighted by atomic mass is 16.5. The van der Waals surface area contributed by atoms with Gasteiger partial charge in [0, 0.05) is 5.57 Å². The Morgan fingerprint density at radius 1 is 1.38 bits per heavy atom. The van der Waals surface area contributed by atoms with Crippen LogP contribution >= 0.6 is 0 Å². The van der Waals surface area contributed by atoms with Crippen LogP contribution in [0.1, 0.15) is 52.9 Å². The van der Waals surface area contributed by atoms with E-state index in [1.807, 2.05) is 6.92 Å². The van der Waals surface area contributed by atoms with Crippen molar-refractivity contribution in [3.63, 3.8) is 0 Å². The van der Waals surface area contributed by atoms with Crippen molar-refractivity contribution in [3.05, 3.63) is 24.3 Å². The zero-order chi connectivity index (χ0) is 12.4. The number of hydrogen-bond donors (Lipinski definition) is 0. The van der Waals surface area contributed by atoms with Crippen LogP contribution in [0, 0.1) is 0 Å². The Hall–Kier alpha value is -1.05. The fraction of sp³-hybridized carbons (Fsp3) is 0.643. The maximum Gasteiger partial charge on any atom is 0.333 e. The highest BCUT2D eigenvalue weighted by Gasteiger charge is 2.12. The first-order chi connectivity index (χ1) is 7.61. The van der Waals surface area contributed by atoms with E-state index in [2.05, 4.69) is 25.7 Å². The normalized spacial score (nSPS) is 12.7. The highest BCUT2D eigenvalue weighted by molar-refractivity contribution is 5.87. The average Bonchev–Trinajstić information content (AvgIpc) is 2.26. The van der Waals surface area contributed by atoms with E-state index in [0.717, 1.165) is 32.1 Å². The molecule has 0 aromatic rings. The lowest BCUT2D eigenvalue weighted by Crippen LogP contribution is -2.17. The number of rotatable bonds is 8. The molecule has 0 amide bonds. The van der Waals surface area contributed by atoms with Crippen molar-refractivity contribution in [1.82, 2.24) is 0 Å². The third kappa shape index (κ3) is 7.27. The number of ether oxygens (including phenoxy) is 1. The minimum atomic E-state index is -0.268. The molecule has 1 unspecified atom stereocenters. The molecule has 0 bridgehead atoms. The molecule has 0 saturated heterocycles. The van der Waals surface area contributed by atoms with Gasteiger partial charge in [-0.25, -0.2) is 4.79 Å². The lowest BCUT2D eigenvalue weighted by atomic mass is 10.1. The number of unbranched alkanes of at least 4 members (excludes halogenated alkanes) is 1. The van der Waals surface area contributed by atoms with E-state index in [4.69, 9.17) is 4.74 Å². The van der Waals surface area contributed by atoms with Gasteiger partial charge in [-0.3, -0.25) is 0 Å². The van der Waals surface area contributed by atoms with Gasteiger partial charge in [-0.2, -0.15) is 0 Å². The van der Waals surface area contributed by atoms with Crippen LogP contribution in [-0.2, 0) is 9.53 Å². The summed E-state index contributed by atoms with van der Waals surface area (Å²) in [4.78, 5) is 11.3. The van der Waals surface area contributed by atoms with Gasteiger partial charge in [-0.1, -0.05) is 32.6 Å². The molecule has 2 nitrogen and oxygen atoms in total. The summed E-state index contributed by atoms with van der Waals surface area (Å²) < 4.78 is 5.31. The van der Waals surface area contributed by atoms with Gasteiger partial charge >= 0.3 is 5.97 Å². The number of allylic oxidation sites excluding steroid dienone is 2. The lowest BCUT2D eigenvalue weighted by molar-refractivity contribution is -0.144. The molecule has 0 aromatic heterocycles. The first-order valence-electron chi connectivity index (χ1n) is 6.13. The van der Waals surface area contributed by atoms with Gasteiger partial charge in [0.1, 0.15) is 6.10 Å². The Balaban J connectivity index is 3.79. The van der Waals surface area contributed by atoms with E-state index in [1.54, 1.807) is 6.92 Å². The lowest BCUT2D eigenvalue weighted by Gasteiger charge is -2.15. The van der Waals surface area contributed by atoms with Gasteiger partial charge < -0.3 is 4.74 Å². The van der Waals surface area contributed by atoms with E-state index in [1.165, 1.54) is 0 Å². The van der Waals surface area contributed by atoms with Crippen molar-refractivity contribution >= 4 is 5.97 Å². The fourth-order valence-corrected chi connectivity index (χ4v) is 1.35. The van der Waals surface area contributed by atoms with Crippen LogP contribution in [0.4, 0.5) is 0 Å². The van der Waals surface area contributed by atoms with Gasteiger partial charge in [0.15, 0.2) is 0 Å². The predicted octanol–water partition coefficient (Wildman–Crippen LogP) is 4.02. The topological polar surface area (TPSA) is 26.3 Å². The second-order valence-electron chi connectivity index (χ2n) is 4.03. The summed E-state index contributed by atoms with van der Waals surface area (Å²) in [6.45, 7) is 9.42. The molecule has 0 aliphatic rings. The van der Waals surface area contributed by atoms with Crippen LogP contribution in [0.2, 0.25) is 0 Å². The first-order valence-corrected chi connectivity index (χ1v) is 6.13. The Labute approximate surface area is 99.4 Å². The summed E-state index contributed by atoms with van der Waals surface area (Å²) >= 11 is 0. The van der Waals surface area contributed by atoms with E-state index in [-0.39, 0.29) is 12.1 Å². The second-order valence-corrected chi connectivity index (χ2v) is 4.03. The largest absolute Gasteiger partial charge is 0.459 e. The van der Waals surface area contributed by atoms with Crippen LogP contribution < -0.4 is 0 Å². The Morgan fingerprint density at radius 3 is 2.56 bits per heavy atom. The first kappa shape index (κ1) is 14.9. The molecule has 0 fully saturated rings. The standard InChI is InChI=1S/C14H24O2/c1-5-7-8-9-10-11-13(6-2)16-14(15)12(3)4/h7-8,13H,3,5-6,9-11H2,1-2,4H3. The molecular formula is C14H24O2. The molecule has 2 heteroatoms. The van der Waals surface area contributed by atoms with Gasteiger partial charge in [0.2, 0.25) is 0 Å². The van der Waals surface area contributed by atoms with Crippen molar-refractivity contribution in [1.29, 1.82) is 0 Å². The van der Waals surface area contributed by atoms with E-state index >= 15 is 0 Å². The molecule has 0 spiro atoms. The molecule has 0 N–H and O–H groups in total. The van der Waals surface area contributed by atoms with Crippen LogP contribution in [0.25, 0.3) is 0 Å². The number of carbonyl (C=O) groups is 1. The third-order valence-electron chi connectivity index (χ3n) is 2.38. The molecule has 0 aliphatic carbocycles. The van der Waals surface area contributed by atoms with Crippen molar-refractivity contribution in [3.8, 4) is 0 Å². The Morgan fingerprint density at radius 2 is 2.06 bits per heavy atom. The maximum atomic E-state index is 11.3. The van der Waals surface area contributed by atoms with Crippen LogP contribution in [0.3, 0.4) is 0 Å². The van der Waals surface area contributed by atoms with E-state index in [9.17, 15) is 4.79 Å². The smallest absolute Gasteiger partial charge is 0.333 e. The van der Waals surface area contributed by atoms with Gasteiger partial charge in [-0.15, -0.1) is 0 Å². The molecule has 0 aliphatic heterocycles. The van der Waals surface area contributed by atoms with Crippen molar-refractivity contribution in [2.75, 3.05) is 0 Å². The summed E-state index contributed by atoms with van der Waals surface area (Å²) in [7, 11) is 0. The van der Waals surface area contributed by atoms with Crippen LogP contribution in [0.5, 0.6) is 0 Å². The Bertz CT molecular complexity index is 241. The molecule has 0 rings (SSSR count). The summed E-state index contributed by atoms with van der Waals surface area (Å²) in [6.07, 6.45) is 9.42. The van der Waals surface area contributed by atoms with E-state index in [0.29, 0.717) is 5.57 Å². The molecule has 16 heavy (non-hydrogen) atoms. The van der Waals surface area contributed by atoms with Crippen molar-refractivity contribution in [2.45, 2.75) is 59.0 Å². The van der Waals surface area contributed by atoms with Crippen LogP contribution in [-0.4, -0.2) is 12.1 Å². The zero-order valence-corrected chi connectivity index (χ0v) is 10.8. The minimum Gasteiger partial charge on any atom is -0.459 e. The van der Waals surface area contributed by atoms with Gasteiger partial charge in [0.05, 0.1) is 0 Å². The zero-order valence-electron chi connectivity index (χ0n) is 10.8. The van der Waals surface area contributed by atoms with Gasteiger partial charge in [-0.05, 0) is 39.0 Å². The maximum absolute atomic E-state index is 11.3. The van der Waals surface area contributed by atoms with E-state index < -0.39 is 0 Å². The summed E-state index contributed by atoms with van der Waals surface area (Å²) in [5.74, 6) is -0.268. The number of carbonyl (C=O) groups excluding carboxylic acids is 1.